The third kappa shape index (κ3) is 11.5. The zero-order chi connectivity index (χ0) is 28.7. The van der Waals surface area contributed by atoms with Crippen LogP contribution in [-0.4, -0.2) is 57.3 Å². The van der Waals surface area contributed by atoms with Crippen molar-refractivity contribution in [1.29, 1.82) is 0 Å². The number of unbranched alkanes of at least 4 members (excludes halogenated alkanes) is 3. The van der Waals surface area contributed by atoms with Crippen LogP contribution in [0, 0.1) is 17.8 Å². The van der Waals surface area contributed by atoms with Gasteiger partial charge in [0.05, 0.1) is 19.3 Å². The molecule has 3 aliphatic rings. The van der Waals surface area contributed by atoms with Gasteiger partial charge in [0.2, 0.25) is 0 Å². The summed E-state index contributed by atoms with van der Waals surface area (Å²) >= 11 is 0. The van der Waals surface area contributed by atoms with E-state index in [4.69, 9.17) is 23.7 Å². The van der Waals surface area contributed by atoms with Crippen LogP contribution in [0.2, 0.25) is 0 Å². The summed E-state index contributed by atoms with van der Waals surface area (Å²) in [5, 5.41) is 0. The molecule has 1 aliphatic carbocycles. The van der Waals surface area contributed by atoms with Crippen molar-refractivity contribution in [2.75, 3.05) is 20.3 Å². The van der Waals surface area contributed by atoms with Crippen molar-refractivity contribution in [2.24, 2.45) is 17.8 Å². The number of hydrogen-bond acceptors (Lipinski definition) is 6. The van der Waals surface area contributed by atoms with E-state index in [0.29, 0.717) is 19.4 Å². The highest BCUT2D eigenvalue weighted by Crippen LogP contribution is 2.42. The number of allylic oxidation sites excluding steroid dienone is 2. The van der Waals surface area contributed by atoms with Crippen LogP contribution in [0.15, 0.2) is 23.8 Å². The van der Waals surface area contributed by atoms with Crippen molar-refractivity contribution in [3.8, 4) is 0 Å². The van der Waals surface area contributed by atoms with Gasteiger partial charge in [-0.15, -0.1) is 0 Å². The highest BCUT2D eigenvalue weighted by molar-refractivity contribution is 5.68. The van der Waals surface area contributed by atoms with E-state index in [1.54, 1.807) is 0 Å². The molecule has 3 fully saturated rings. The smallest absolute Gasteiger partial charge is 0.305 e. The first kappa shape index (κ1) is 33.2. The average Bonchev–Trinajstić information content (AvgIpc) is 3.25. The lowest BCUT2D eigenvalue weighted by Gasteiger charge is -2.31. The second-order valence-corrected chi connectivity index (χ2v) is 12.3. The fourth-order valence-electron chi connectivity index (χ4n) is 6.13. The molecule has 2 aliphatic heterocycles. The summed E-state index contributed by atoms with van der Waals surface area (Å²) in [5.41, 5.74) is 1.30. The predicted molar refractivity (Wildman–Crippen MR) is 155 cm³/mol. The Hall–Kier alpha value is -1.28. The SMILES string of the molecule is COC(=O)CCCCCC[C@@H]1[C@@H](/C=C/[C@@H](OC2CCCCO2)C(C)CC=C(C)C)[C@H](OC2CCCCO2)C[C@H]1F. The van der Waals surface area contributed by atoms with Gasteiger partial charge in [0.1, 0.15) is 6.17 Å². The van der Waals surface area contributed by atoms with E-state index in [1.807, 2.05) is 0 Å². The molecule has 3 unspecified atom stereocenters. The van der Waals surface area contributed by atoms with Gasteiger partial charge in [-0.3, -0.25) is 4.79 Å². The molecule has 0 aromatic heterocycles. The Morgan fingerprint density at radius 1 is 1.00 bits per heavy atom. The summed E-state index contributed by atoms with van der Waals surface area (Å²) in [6, 6.07) is 0. The van der Waals surface area contributed by atoms with Crippen LogP contribution < -0.4 is 0 Å². The van der Waals surface area contributed by atoms with E-state index in [2.05, 4.69) is 39.0 Å². The minimum absolute atomic E-state index is 0.0235. The van der Waals surface area contributed by atoms with Crippen molar-refractivity contribution >= 4 is 5.97 Å². The Morgan fingerprint density at radius 2 is 1.70 bits per heavy atom. The topological polar surface area (TPSA) is 63.2 Å². The molecule has 1 saturated carbocycles. The van der Waals surface area contributed by atoms with E-state index in [9.17, 15) is 4.79 Å². The summed E-state index contributed by atoms with van der Waals surface area (Å²) in [5.74, 6) is -0.00717. The van der Waals surface area contributed by atoms with Gasteiger partial charge in [-0.2, -0.15) is 0 Å². The summed E-state index contributed by atoms with van der Waals surface area (Å²) in [7, 11) is 1.42. The fraction of sp³-hybridized carbons (Fsp3) is 0.848. The van der Waals surface area contributed by atoms with Gasteiger partial charge >= 0.3 is 5.97 Å². The van der Waals surface area contributed by atoms with Crippen molar-refractivity contribution in [1.82, 2.24) is 0 Å². The Morgan fingerprint density at radius 3 is 2.35 bits per heavy atom. The number of methoxy groups -OCH3 is 1. The maximum absolute atomic E-state index is 15.6. The maximum atomic E-state index is 15.6. The fourth-order valence-corrected chi connectivity index (χ4v) is 6.13. The van der Waals surface area contributed by atoms with E-state index < -0.39 is 6.17 Å². The zero-order valence-electron chi connectivity index (χ0n) is 25.5. The Labute approximate surface area is 242 Å². The van der Waals surface area contributed by atoms with Crippen molar-refractivity contribution < 1.29 is 32.9 Å². The second-order valence-electron chi connectivity index (χ2n) is 12.3. The Balaban J connectivity index is 1.68. The van der Waals surface area contributed by atoms with Crippen LogP contribution >= 0.6 is 0 Å². The van der Waals surface area contributed by atoms with E-state index in [0.717, 1.165) is 83.7 Å². The molecule has 40 heavy (non-hydrogen) atoms. The van der Waals surface area contributed by atoms with Crippen LogP contribution in [-0.2, 0) is 28.5 Å². The number of hydrogen-bond donors (Lipinski definition) is 0. The standard InChI is InChI=1S/C33H55FO6/c1-24(2)17-18-25(3)29(39-32-15-9-11-21-37-32)20-19-27-26(13-7-5-6-8-14-31(35)36-4)28(34)23-30(27)40-33-16-10-12-22-38-33/h17,19-20,25-30,32-33H,5-16,18,21-23H2,1-4H3/b20-19+/t25?,26-,27-,28-,29-,30-,32?,33?/m1/s1. The normalized spacial score (nSPS) is 30.7. The molecule has 2 heterocycles. The molecular formula is C33H55FO6. The molecule has 0 aromatic carbocycles. The molecule has 6 nitrogen and oxygen atoms in total. The van der Waals surface area contributed by atoms with E-state index in [-0.39, 0.29) is 48.5 Å². The molecule has 0 bridgehead atoms. The number of rotatable bonds is 16. The molecule has 230 valence electrons. The number of alkyl halides is 1. The lowest BCUT2D eigenvalue weighted by molar-refractivity contribution is -0.193. The molecule has 0 spiro atoms. The Kier molecular flexibility index (Phi) is 15.2. The molecule has 2 saturated heterocycles. The van der Waals surface area contributed by atoms with Gasteiger partial charge in [0.25, 0.3) is 0 Å². The number of carbonyl (C=O) groups excluding carboxylic acids is 1. The summed E-state index contributed by atoms with van der Waals surface area (Å²) < 4.78 is 45.0. The molecular weight excluding hydrogens is 511 g/mol. The molecule has 0 amide bonds. The van der Waals surface area contributed by atoms with E-state index >= 15 is 4.39 Å². The van der Waals surface area contributed by atoms with Gasteiger partial charge in [0, 0.05) is 32.0 Å². The van der Waals surface area contributed by atoms with Crippen LogP contribution in [0.25, 0.3) is 0 Å². The quantitative estimate of drug-likeness (QED) is 0.108. The van der Waals surface area contributed by atoms with Gasteiger partial charge in [0.15, 0.2) is 12.6 Å². The Bertz CT molecular complexity index is 769. The second kappa shape index (κ2) is 18.3. The number of halogens is 1. The maximum Gasteiger partial charge on any atom is 0.305 e. The summed E-state index contributed by atoms with van der Waals surface area (Å²) in [6.45, 7) is 7.93. The van der Waals surface area contributed by atoms with Crippen molar-refractivity contribution in [3.05, 3.63) is 23.8 Å². The molecule has 8 atom stereocenters. The minimum Gasteiger partial charge on any atom is -0.469 e. The first-order valence-corrected chi connectivity index (χ1v) is 15.9. The number of esters is 1. The van der Waals surface area contributed by atoms with Crippen LogP contribution in [0.5, 0.6) is 0 Å². The first-order chi connectivity index (χ1) is 19.4. The lowest BCUT2D eigenvalue weighted by Crippen LogP contribution is -2.32. The summed E-state index contributed by atoms with van der Waals surface area (Å²) in [4.78, 5) is 11.4. The van der Waals surface area contributed by atoms with Crippen LogP contribution in [0.1, 0.15) is 111 Å². The summed E-state index contributed by atoms with van der Waals surface area (Å²) in [6.07, 6.45) is 17.4. The average molecular weight is 567 g/mol. The first-order valence-electron chi connectivity index (χ1n) is 15.9. The van der Waals surface area contributed by atoms with Gasteiger partial charge in [-0.05, 0) is 83.5 Å². The number of ether oxygens (including phenoxy) is 5. The number of carbonyl (C=O) groups is 1. The van der Waals surface area contributed by atoms with Crippen molar-refractivity contribution in [3.63, 3.8) is 0 Å². The highest BCUT2D eigenvalue weighted by Gasteiger charge is 2.44. The van der Waals surface area contributed by atoms with Gasteiger partial charge < -0.3 is 23.7 Å². The molecule has 0 radical (unpaired) electrons. The molecule has 3 rings (SSSR count). The lowest BCUT2D eigenvalue weighted by atomic mass is 9.87. The highest BCUT2D eigenvalue weighted by atomic mass is 19.1. The third-order valence-corrected chi connectivity index (χ3v) is 8.63. The van der Waals surface area contributed by atoms with Crippen molar-refractivity contribution in [2.45, 2.75) is 142 Å². The van der Waals surface area contributed by atoms with E-state index in [1.165, 1.54) is 12.7 Å². The minimum atomic E-state index is -0.901. The monoisotopic (exact) mass is 566 g/mol. The zero-order valence-corrected chi connectivity index (χ0v) is 25.5. The van der Waals surface area contributed by atoms with Gasteiger partial charge in [-0.1, -0.05) is 50.0 Å². The molecule has 0 aromatic rings. The molecule has 7 heteroatoms. The van der Waals surface area contributed by atoms with Gasteiger partial charge in [-0.25, -0.2) is 4.39 Å². The largest absolute Gasteiger partial charge is 0.469 e. The van der Waals surface area contributed by atoms with Crippen LogP contribution in [0.3, 0.4) is 0 Å². The molecule has 0 N–H and O–H groups in total. The van der Waals surface area contributed by atoms with Crippen LogP contribution in [0.4, 0.5) is 4.39 Å². The predicted octanol–water partition coefficient (Wildman–Crippen LogP) is 7.85. The third-order valence-electron chi connectivity index (χ3n) is 8.63.